The Hall–Kier alpha value is -3.52. The maximum atomic E-state index is 12.4. The van der Waals surface area contributed by atoms with Crippen molar-refractivity contribution in [1.82, 2.24) is 5.32 Å². The molecule has 0 bridgehead atoms. The van der Waals surface area contributed by atoms with Crippen molar-refractivity contribution in [3.63, 3.8) is 0 Å². The van der Waals surface area contributed by atoms with E-state index in [9.17, 15) is 9.59 Å². The molecule has 0 fully saturated rings. The predicted molar refractivity (Wildman–Crippen MR) is 99.7 cm³/mol. The summed E-state index contributed by atoms with van der Waals surface area (Å²) in [6.07, 6.45) is 2.03. The largest absolute Gasteiger partial charge is 0.349 e. The lowest BCUT2D eigenvalue weighted by molar-refractivity contribution is -0.117. The molecular weight excluding hydrogens is 326 g/mol. The van der Waals surface area contributed by atoms with Crippen LogP contribution in [0.25, 0.3) is 0 Å². The third-order valence-corrected chi connectivity index (χ3v) is 4.08. The lowest BCUT2D eigenvalue weighted by atomic mass is 10.0. The van der Waals surface area contributed by atoms with Gasteiger partial charge in [-0.2, -0.15) is 5.26 Å². The number of aliphatic imine (C=N–C) groups is 1. The van der Waals surface area contributed by atoms with E-state index in [1.54, 1.807) is 42.5 Å². The minimum atomic E-state index is -0.213. The van der Waals surface area contributed by atoms with Crippen molar-refractivity contribution >= 4 is 23.1 Å². The molecule has 1 heterocycles. The van der Waals surface area contributed by atoms with Crippen LogP contribution in [-0.4, -0.2) is 23.9 Å². The van der Waals surface area contributed by atoms with Crippen molar-refractivity contribution in [1.29, 1.82) is 5.26 Å². The average Bonchev–Trinajstić information content (AvgIpc) is 2.83. The van der Waals surface area contributed by atoms with Crippen molar-refractivity contribution in [2.75, 3.05) is 6.54 Å². The van der Waals surface area contributed by atoms with Crippen LogP contribution in [0.4, 0.5) is 5.69 Å². The molecule has 0 atom stereocenters. The van der Waals surface area contributed by atoms with E-state index in [0.717, 1.165) is 11.1 Å². The first-order valence-corrected chi connectivity index (χ1v) is 8.22. The van der Waals surface area contributed by atoms with Crippen LogP contribution in [0.5, 0.6) is 0 Å². The molecule has 128 valence electrons. The molecule has 0 spiro atoms. The summed E-state index contributed by atoms with van der Waals surface area (Å²) >= 11 is 0. The molecule has 0 saturated heterocycles. The summed E-state index contributed by atoms with van der Waals surface area (Å²) < 4.78 is 0. The molecule has 1 amide bonds. The van der Waals surface area contributed by atoms with Gasteiger partial charge in [0.1, 0.15) is 5.78 Å². The lowest BCUT2D eigenvalue weighted by Gasteiger charge is -2.07. The van der Waals surface area contributed by atoms with E-state index in [1.807, 2.05) is 6.07 Å². The molecule has 2 aromatic rings. The second-order valence-electron chi connectivity index (χ2n) is 5.99. The van der Waals surface area contributed by atoms with Crippen LogP contribution in [0.1, 0.15) is 33.5 Å². The summed E-state index contributed by atoms with van der Waals surface area (Å²) in [6, 6.07) is 14.3. The second kappa shape index (κ2) is 7.58. The van der Waals surface area contributed by atoms with Gasteiger partial charge in [-0.05, 0) is 41.5 Å². The second-order valence-corrected chi connectivity index (χ2v) is 5.99. The van der Waals surface area contributed by atoms with Gasteiger partial charge in [-0.3, -0.25) is 14.6 Å². The number of carbonyl (C=O) groups excluding carboxylic acids is 2. The third-order valence-electron chi connectivity index (χ3n) is 4.08. The van der Waals surface area contributed by atoms with Crippen molar-refractivity contribution in [2.45, 2.75) is 12.8 Å². The van der Waals surface area contributed by atoms with Crippen LogP contribution >= 0.6 is 0 Å². The van der Waals surface area contributed by atoms with E-state index >= 15 is 0 Å². The SMILES string of the molecule is C=CCNC(=O)c1ccc2c(c1)CC(=O)CC(c1cccc(C#N)c1)=N2. The topological polar surface area (TPSA) is 82.3 Å². The van der Waals surface area contributed by atoms with Gasteiger partial charge in [-0.25, -0.2) is 0 Å². The fourth-order valence-corrected chi connectivity index (χ4v) is 2.83. The molecule has 0 aliphatic carbocycles. The number of nitrogens with zero attached hydrogens (tertiary/aromatic N) is 2. The van der Waals surface area contributed by atoms with E-state index in [-0.39, 0.29) is 24.5 Å². The first-order valence-electron chi connectivity index (χ1n) is 8.22. The highest BCUT2D eigenvalue weighted by Gasteiger charge is 2.19. The summed E-state index contributed by atoms with van der Waals surface area (Å²) in [5.74, 6) is -0.191. The first kappa shape index (κ1) is 17.3. The number of nitrogens with one attached hydrogen (secondary N) is 1. The fourth-order valence-electron chi connectivity index (χ4n) is 2.83. The highest BCUT2D eigenvalue weighted by atomic mass is 16.1. The van der Waals surface area contributed by atoms with Crippen LogP contribution in [0, 0.1) is 11.3 Å². The standard InChI is InChI=1S/C21H17N3O2/c1-2-8-23-21(26)16-6-7-19-17(10-16)11-18(25)12-20(24-19)15-5-3-4-14(9-15)13-22/h2-7,9-10H,1,8,11-12H2,(H,23,26). The average molecular weight is 343 g/mol. The van der Waals surface area contributed by atoms with E-state index in [4.69, 9.17) is 5.26 Å². The van der Waals surface area contributed by atoms with Gasteiger partial charge in [0.2, 0.25) is 0 Å². The van der Waals surface area contributed by atoms with Gasteiger partial charge in [0.15, 0.2) is 0 Å². The van der Waals surface area contributed by atoms with Crippen molar-refractivity contribution in [3.8, 4) is 6.07 Å². The molecule has 0 aromatic heterocycles. The van der Waals surface area contributed by atoms with Gasteiger partial charge in [0.25, 0.3) is 5.91 Å². The van der Waals surface area contributed by atoms with Gasteiger partial charge in [0, 0.05) is 24.9 Å². The number of fused-ring (bicyclic) bond motifs is 1. The van der Waals surface area contributed by atoms with Crippen LogP contribution in [0.2, 0.25) is 0 Å². The molecular formula is C21H17N3O2. The van der Waals surface area contributed by atoms with Gasteiger partial charge in [-0.15, -0.1) is 6.58 Å². The maximum Gasteiger partial charge on any atom is 0.251 e. The Kier molecular flexibility index (Phi) is 5.04. The Morgan fingerprint density at radius 3 is 2.88 bits per heavy atom. The molecule has 1 aliphatic heterocycles. The molecule has 5 nitrogen and oxygen atoms in total. The van der Waals surface area contributed by atoms with Crippen molar-refractivity contribution in [3.05, 3.63) is 77.4 Å². The van der Waals surface area contributed by atoms with Gasteiger partial charge in [0.05, 0.1) is 23.0 Å². The van der Waals surface area contributed by atoms with Crippen LogP contribution in [0.3, 0.4) is 0 Å². The quantitative estimate of drug-likeness (QED) is 0.866. The molecule has 3 rings (SSSR count). The third kappa shape index (κ3) is 3.76. The normalized spacial score (nSPS) is 13.0. The van der Waals surface area contributed by atoms with Crippen LogP contribution in [0.15, 0.2) is 60.1 Å². The number of rotatable bonds is 4. The minimum absolute atomic E-state index is 0.0218. The van der Waals surface area contributed by atoms with E-state index < -0.39 is 0 Å². The summed E-state index contributed by atoms with van der Waals surface area (Å²) in [5, 5.41) is 11.8. The Morgan fingerprint density at radius 2 is 2.12 bits per heavy atom. The number of carbonyl (C=O) groups is 2. The number of hydrogen-bond donors (Lipinski definition) is 1. The molecule has 1 N–H and O–H groups in total. The van der Waals surface area contributed by atoms with Gasteiger partial charge >= 0.3 is 0 Å². The number of Topliss-reactive ketones (excluding diaryl/α,β-unsaturated/α-hetero) is 1. The van der Waals surface area contributed by atoms with Gasteiger partial charge < -0.3 is 5.32 Å². The molecule has 2 aromatic carbocycles. The molecule has 26 heavy (non-hydrogen) atoms. The fraction of sp³-hybridized carbons (Fsp3) is 0.143. The summed E-state index contributed by atoms with van der Waals surface area (Å²) in [6.45, 7) is 3.95. The number of amides is 1. The molecule has 0 unspecified atom stereocenters. The van der Waals surface area contributed by atoms with Crippen LogP contribution in [-0.2, 0) is 11.2 Å². The highest BCUT2D eigenvalue weighted by Crippen LogP contribution is 2.27. The zero-order valence-electron chi connectivity index (χ0n) is 14.2. The maximum absolute atomic E-state index is 12.4. The predicted octanol–water partition coefficient (Wildman–Crippen LogP) is 3.11. The zero-order valence-corrected chi connectivity index (χ0v) is 14.2. The number of ketones is 1. The van der Waals surface area contributed by atoms with Gasteiger partial charge in [-0.1, -0.05) is 18.2 Å². The molecule has 0 saturated carbocycles. The monoisotopic (exact) mass is 343 g/mol. The zero-order chi connectivity index (χ0) is 18.5. The van der Waals surface area contributed by atoms with E-state index in [1.165, 1.54) is 0 Å². The summed E-state index contributed by atoms with van der Waals surface area (Å²) in [4.78, 5) is 29.1. The van der Waals surface area contributed by atoms with Crippen LogP contribution < -0.4 is 5.32 Å². The minimum Gasteiger partial charge on any atom is -0.349 e. The smallest absolute Gasteiger partial charge is 0.251 e. The first-order chi connectivity index (χ1) is 12.6. The number of hydrogen-bond acceptors (Lipinski definition) is 4. The molecule has 5 heteroatoms. The molecule has 0 radical (unpaired) electrons. The van der Waals surface area contributed by atoms with Crippen molar-refractivity contribution < 1.29 is 9.59 Å². The van der Waals surface area contributed by atoms with E-state index in [0.29, 0.717) is 29.1 Å². The lowest BCUT2D eigenvalue weighted by Crippen LogP contribution is -2.23. The molecule has 1 aliphatic rings. The Labute approximate surface area is 151 Å². The Morgan fingerprint density at radius 1 is 1.27 bits per heavy atom. The summed E-state index contributed by atoms with van der Waals surface area (Å²) in [7, 11) is 0. The Balaban J connectivity index is 1.98. The summed E-state index contributed by atoms with van der Waals surface area (Å²) in [5.41, 5.74) is 3.81. The van der Waals surface area contributed by atoms with Crippen molar-refractivity contribution in [2.24, 2.45) is 4.99 Å². The number of benzene rings is 2. The number of nitriles is 1. The Bertz CT molecular complexity index is 967. The van der Waals surface area contributed by atoms with E-state index in [2.05, 4.69) is 23.0 Å². The highest BCUT2D eigenvalue weighted by molar-refractivity contribution is 6.14.